The highest BCUT2D eigenvalue weighted by Gasteiger charge is 2.12. The standard InChI is InChI=1S/C19H21NO5/c1-24-15-10-11-17(16(12-15)19(22)23)20-14-8-6-13(7-9-14)4-3-5-18(21)25-2/h6-12,20H,3-5H2,1-2H3,(H,22,23). The lowest BCUT2D eigenvalue weighted by Crippen LogP contribution is -2.03. The number of aromatic carboxylic acids is 1. The fraction of sp³-hybridized carbons (Fsp3) is 0.263. The van der Waals surface area contributed by atoms with Gasteiger partial charge in [-0.3, -0.25) is 4.79 Å². The van der Waals surface area contributed by atoms with Gasteiger partial charge < -0.3 is 19.9 Å². The third-order valence-electron chi connectivity index (χ3n) is 3.76. The van der Waals surface area contributed by atoms with E-state index in [4.69, 9.17) is 4.74 Å². The highest BCUT2D eigenvalue weighted by Crippen LogP contribution is 2.25. The summed E-state index contributed by atoms with van der Waals surface area (Å²) in [5.74, 6) is -0.747. The van der Waals surface area contributed by atoms with Gasteiger partial charge in [0, 0.05) is 12.1 Å². The number of nitrogens with one attached hydrogen (secondary N) is 1. The third-order valence-corrected chi connectivity index (χ3v) is 3.76. The van der Waals surface area contributed by atoms with Crippen molar-refractivity contribution < 1.29 is 24.2 Å². The molecule has 132 valence electrons. The summed E-state index contributed by atoms with van der Waals surface area (Å²) in [7, 11) is 2.88. The number of aryl methyl sites for hydroxylation is 1. The van der Waals surface area contributed by atoms with Crippen molar-refractivity contribution in [1.82, 2.24) is 0 Å². The van der Waals surface area contributed by atoms with E-state index in [0.29, 0.717) is 17.9 Å². The van der Waals surface area contributed by atoms with Crippen molar-refractivity contribution in [3.8, 4) is 5.75 Å². The first kappa shape index (κ1) is 18.3. The minimum atomic E-state index is -1.03. The predicted molar refractivity (Wildman–Crippen MR) is 94.6 cm³/mol. The Hall–Kier alpha value is -3.02. The van der Waals surface area contributed by atoms with Gasteiger partial charge in [0.05, 0.1) is 25.5 Å². The van der Waals surface area contributed by atoms with Gasteiger partial charge in [-0.15, -0.1) is 0 Å². The first-order valence-corrected chi connectivity index (χ1v) is 7.87. The van der Waals surface area contributed by atoms with Crippen LogP contribution in [0, 0.1) is 0 Å². The Bertz CT molecular complexity index is 740. The smallest absolute Gasteiger partial charge is 0.337 e. The maximum absolute atomic E-state index is 11.4. The second-order valence-corrected chi connectivity index (χ2v) is 5.47. The minimum absolute atomic E-state index is 0.140. The summed E-state index contributed by atoms with van der Waals surface area (Å²) in [4.78, 5) is 22.5. The van der Waals surface area contributed by atoms with Crippen molar-refractivity contribution in [2.75, 3.05) is 19.5 Å². The molecule has 0 fully saturated rings. The van der Waals surface area contributed by atoms with E-state index in [1.165, 1.54) is 20.3 Å². The van der Waals surface area contributed by atoms with Crippen LogP contribution in [-0.2, 0) is 16.0 Å². The molecule has 25 heavy (non-hydrogen) atoms. The molecule has 0 bridgehead atoms. The number of hydrogen-bond acceptors (Lipinski definition) is 5. The molecule has 6 heteroatoms. The first-order valence-electron chi connectivity index (χ1n) is 7.87. The number of ether oxygens (including phenoxy) is 2. The van der Waals surface area contributed by atoms with Crippen molar-refractivity contribution in [1.29, 1.82) is 0 Å². The van der Waals surface area contributed by atoms with Gasteiger partial charge in [0.25, 0.3) is 0 Å². The predicted octanol–water partition coefficient (Wildman–Crippen LogP) is 3.63. The Labute approximate surface area is 146 Å². The minimum Gasteiger partial charge on any atom is -0.497 e. The highest BCUT2D eigenvalue weighted by molar-refractivity contribution is 5.95. The van der Waals surface area contributed by atoms with Crippen LogP contribution in [0.2, 0.25) is 0 Å². The Morgan fingerprint density at radius 2 is 1.80 bits per heavy atom. The number of carbonyl (C=O) groups is 2. The molecule has 2 aromatic rings. The highest BCUT2D eigenvalue weighted by atomic mass is 16.5. The monoisotopic (exact) mass is 343 g/mol. The first-order chi connectivity index (χ1) is 12.0. The SMILES string of the molecule is COC(=O)CCCc1ccc(Nc2ccc(OC)cc2C(=O)O)cc1. The van der Waals surface area contributed by atoms with Gasteiger partial charge in [-0.1, -0.05) is 12.1 Å². The van der Waals surface area contributed by atoms with Crippen LogP contribution in [0.5, 0.6) is 5.75 Å². The van der Waals surface area contributed by atoms with Crippen molar-refractivity contribution in [3.63, 3.8) is 0 Å². The zero-order valence-corrected chi connectivity index (χ0v) is 14.2. The average molecular weight is 343 g/mol. The van der Waals surface area contributed by atoms with Gasteiger partial charge in [0.1, 0.15) is 5.75 Å². The van der Waals surface area contributed by atoms with Crippen molar-refractivity contribution in [3.05, 3.63) is 53.6 Å². The van der Waals surface area contributed by atoms with E-state index in [1.807, 2.05) is 24.3 Å². The zero-order chi connectivity index (χ0) is 18.2. The molecule has 2 rings (SSSR count). The summed E-state index contributed by atoms with van der Waals surface area (Å²) < 4.78 is 9.68. The van der Waals surface area contributed by atoms with E-state index in [0.717, 1.165) is 24.1 Å². The topological polar surface area (TPSA) is 84.9 Å². The summed E-state index contributed by atoms with van der Waals surface area (Å²) in [6, 6.07) is 12.5. The van der Waals surface area contributed by atoms with Gasteiger partial charge in [-0.05, 0) is 48.7 Å². The van der Waals surface area contributed by atoms with Crippen LogP contribution >= 0.6 is 0 Å². The van der Waals surface area contributed by atoms with Crippen LogP contribution < -0.4 is 10.1 Å². The molecule has 0 atom stereocenters. The molecule has 0 aliphatic carbocycles. The fourth-order valence-corrected chi connectivity index (χ4v) is 2.39. The lowest BCUT2D eigenvalue weighted by Gasteiger charge is -2.11. The Balaban J connectivity index is 2.04. The van der Waals surface area contributed by atoms with Crippen molar-refractivity contribution in [2.24, 2.45) is 0 Å². The summed E-state index contributed by atoms with van der Waals surface area (Å²) in [5, 5.41) is 12.4. The third kappa shape index (κ3) is 5.24. The van der Waals surface area contributed by atoms with Gasteiger partial charge in [-0.25, -0.2) is 4.79 Å². The molecule has 0 spiro atoms. The largest absolute Gasteiger partial charge is 0.497 e. The van der Waals surface area contributed by atoms with Crippen LogP contribution in [0.4, 0.5) is 11.4 Å². The van der Waals surface area contributed by atoms with E-state index < -0.39 is 5.97 Å². The van der Waals surface area contributed by atoms with Crippen LogP contribution in [0.1, 0.15) is 28.8 Å². The van der Waals surface area contributed by atoms with E-state index in [1.54, 1.807) is 12.1 Å². The average Bonchev–Trinajstić information content (AvgIpc) is 2.63. The number of hydrogen-bond donors (Lipinski definition) is 2. The molecule has 0 radical (unpaired) electrons. The lowest BCUT2D eigenvalue weighted by atomic mass is 10.1. The molecule has 2 aromatic carbocycles. The van der Waals surface area contributed by atoms with Crippen LogP contribution in [-0.4, -0.2) is 31.3 Å². The van der Waals surface area contributed by atoms with Gasteiger partial charge in [0.15, 0.2) is 0 Å². The van der Waals surface area contributed by atoms with E-state index in [-0.39, 0.29) is 11.5 Å². The maximum Gasteiger partial charge on any atom is 0.337 e. The molecule has 0 aromatic heterocycles. The van der Waals surface area contributed by atoms with Crippen LogP contribution in [0.25, 0.3) is 0 Å². The van der Waals surface area contributed by atoms with Crippen molar-refractivity contribution >= 4 is 23.3 Å². The second-order valence-electron chi connectivity index (χ2n) is 5.47. The second kappa shape index (κ2) is 8.73. The molecule has 2 N–H and O–H groups in total. The number of carbonyl (C=O) groups excluding carboxylic acids is 1. The maximum atomic E-state index is 11.4. The number of anilines is 2. The van der Waals surface area contributed by atoms with Gasteiger partial charge in [0.2, 0.25) is 0 Å². The zero-order valence-electron chi connectivity index (χ0n) is 14.2. The van der Waals surface area contributed by atoms with E-state index >= 15 is 0 Å². The molecule has 0 unspecified atom stereocenters. The van der Waals surface area contributed by atoms with E-state index in [2.05, 4.69) is 10.1 Å². The Morgan fingerprint density at radius 3 is 2.40 bits per heavy atom. The summed E-state index contributed by atoms with van der Waals surface area (Å²) in [6.45, 7) is 0. The molecule has 0 aliphatic rings. The number of carboxylic acids is 1. The summed E-state index contributed by atoms with van der Waals surface area (Å²) in [6.07, 6.45) is 1.89. The normalized spacial score (nSPS) is 10.2. The lowest BCUT2D eigenvalue weighted by molar-refractivity contribution is -0.140. The van der Waals surface area contributed by atoms with Crippen LogP contribution in [0.15, 0.2) is 42.5 Å². The fourth-order valence-electron chi connectivity index (χ4n) is 2.39. The van der Waals surface area contributed by atoms with Crippen LogP contribution in [0.3, 0.4) is 0 Å². The summed E-state index contributed by atoms with van der Waals surface area (Å²) >= 11 is 0. The van der Waals surface area contributed by atoms with Gasteiger partial charge in [-0.2, -0.15) is 0 Å². The Morgan fingerprint density at radius 1 is 1.08 bits per heavy atom. The number of carboxylic acid groups (broad SMARTS) is 1. The number of benzene rings is 2. The quantitative estimate of drug-likeness (QED) is 0.712. The van der Waals surface area contributed by atoms with Gasteiger partial charge >= 0.3 is 11.9 Å². The summed E-state index contributed by atoms with van der Waals surface area (Å²) in [5.41, 5.74) is 2.51. The molecule has 0 heterocycles. The number of methoxy groups -OCH3 is 2. The molecular formula is C19H21NO5. The molecular weight excluding hydrogens is 322 g/mol. The molecule has 0 amide bonds. The van der Waals surface area contributed by atoms with Crippen molar-refractivity contribution in [2.45, 2.75) is 19.3 Å². The number of esters is 1. The van der Waals surface area contributed by atoms with E-state index in [9.17, 15) is 14.7 Å². The molecule has 6 nitrogen and oxygen atoms in total. The number of rotatable bonds is 8. The Kier molecular flexibility index (Phi) is 6.39. The molecule has 0 saturated carbocycles. The molecule has 0 aliphatic heterocycles. The molecule has 0 saturated heterocycles.